The van der Waals surface area contributed by atoms with Gasteiger partial charge in [-0.3, -0.25) is 14.4 Å². The summed E-state index contributed by atoms with van der Waals surface area (Å²) >= 11 is 0. The van der Waals surface area contributed by atoms with Gasteiger partial charge < -0.3 is 15.0 Å². The van der Waals surface area contributed by atoms with Gasteiger partial charge in [-0.15, -0.1) is 0 Å². The average molecular weight is 401 g/mol. The third-order valence-corrected chi connectivity index (χ3v) is 5.72. The molecule has 0 bridgehead atoms. The molecule has 3 rings (SSSR count). The van der Waals surface area contributed by atoms with E-state index in [9.17, 15) is 14.4 Å². The molecule has 2 aliphatic rings. The second kappa shape index (κ2) is 8.27. The number of ether oxygens (including phenoxy) is 1. The summed E-state index contributed by atoms with van der Waals surface area (Å²) in [6, 6.07) is 6.35. The number of carbonyl (C=O) groups is 3. The Morgan fingerprint density at radius 2 is 1.86 bits per heavy atom. The summed E-state index contributed by atoms with van der Waals surface area (Å²) in [4.78, 5) is 39.8. The van der Waals surface area contributed by atoms with Crippen LogP contribution in [0.25, 0.3) is 0 Å². The van der Waals surface area contributed by atoms with Crippen LogP contribution in [0.2, 0.25) is 0 Å². The maximum absolute atomic E-state index is 13.2. The summed E-state index contributed by atoms with van der Waals surface area (Å²) in [5.41, 5.74) is 1.68. The molecule has 1 N–H and O–H groups in total. The van der Waals surface area contributed by atoms with Crippen molar-refractivity contribution in [1.82, 2.24) is 10.2 Å². The Labute approximate surface area is 173 Å². The highest BCUT2D eigenvalue weighted by Crippen LogP contribution is 2.28. The van der Waals surface area contributed by atoms with Gasteiger partial charge in [-0.1, -0.05) is 46.8 Å². The number of nitrogens with one attached hydrogen (secondary N) is 1. The van der Waals surface area contributed by atoms with E-state index in [2.05, 4.69) is 26.1 Å². The lowest BCUT2D eigenvalue weighted by molar-refractivity contribution is -0.138. The van der Waals surface area contributed by atoms with Crippen LogP contribution >= 0.6 is 0 Å². The first-order chi connectivity index (χ1) is 13.6. The first-order valence-electron chi connectivity index (χ1n) is 10.4. The molecule has 29 heavy (non-hydrogen) atoms. The maximum Gasteiger partial charge on any atom is 0.251 e. The third-order valence-electron chi connectivity index (χ3n) is 5.72. The number of benzene rings is 1. The van der Waals surface area contributed by atoms with E-state index in [0.717, 1.165) is 5.56 Å². The highest BCUT2D eigenvalue weighted by Gasteiger charge is 2.48. The van der Waals surface area contributed by atoms with Crippen molar-refractivity contribution in [3.8, 4) is 0 Å². The molecule has 2 saturated heterocycles. The predicted molar refractivity (Wildman–Crippen MR) is 111 cm³/mol. The summed E-state index contributed by atoms with van der Waals surface area (Å²) < 4.78 is 5.49. The van der Waals surface area contributed by atoms with Crippen molar-refractivity contribution in [2.45, 2.75) is 71.1 Å². The van der Waals surface area contributed by atoms with Gasteiger partial charge in [0, 0.05) is 12.1 Å². The van der Waals surface area contributed by atoms with Gasteiger partial charge in [-0.05, 0) is 41.9 Å². The Morgan fingerprint density at radius 1 is 1.21 bits per heavy atom. The van der Waals surface area contributed by atoms with E-state index in [4.69, 9.17) is 4.74 Å². The van der Waals surface area contributed by atoms with Crippen LogP contribution in [0, 0.1) is 5.92 Å². The minimum absolute atomic E-state index is 0.00728. The van der Waals surface area contributed by atoms with E-state index in [1.807, 2.05) is 26.0 Å². The van der Waals surface area contributed by atoms with Gasteiger partial charge in [-0.2, -0.15) is 0 Å². The van der Waals surface area contributed by atoms with Gasteiger partial charge in [-0.25, -0.2) is 0 Å². The monoisotopic (exact) mass is 400 g/mol. The maximum atomic E-state index is 13.2. The van der Waals surface area contributed by atoms with Gasteiger partial charge in [0.1, 0.15) is 18.7 Å². The number of hydrogen-bond acceptors (Lipinski definition) is 4. The summed E-state index contributed by atoms with van der Waals surface area (Å²) in [6.07, 6.45) is 0.985. The minimum Gasteiger partial charge on any atom is -0.368 e. The van der Waals surface area contributed by atoms with Crippen LogP contribution in [0.4, 0.5) is 0 Å². The zero-order chi connectivity index (χ0) is 21.3. The fourth-order valence-electron chi connectivity index (χ4n) is 4.10. The van der Waals surface area contributed by atoms with Crippen LogP contribution < -0.4 is 5.32 Å². The topological polar surface area (TPSA) is 75.7 Å². The third kappa shape index (κ3) is 4.69. The molecule has 0 aromatic heterocycles. The van der Waals surface area contributed by atoms with E-state index in [-0.39, 0.29) is 41.6 Å². The highest BCUT2D eigenvalue weighted by molar-refractivity contribution is 5.99. The molecule has 2 aliphatic heterocycles. The smallest absolute Gasteiger partial charge is 0.251 e. The van der Waals surface area contributed by atoms with Crippen molar-refractivity contribution in [3.63, 3.8) is 0 Å². The zero-order valence-electron chi connectivity index (χ0n) is 18.0. The molecule has 2 fully saturated rings. The standard InChI is InChI=1S/C23H32N2O4/c1-14(2)12-17(22(28)25-11-10-19-20(25)18(26)13-29-19)24-21(27)15-6-8-16(9-7-15)23(3,4)5/h6-9,14,17,19-20H,10-13H2,1-5H3,(H,24,27)/t17-,19+,20+/m0/s1. The second-order valence-corrected chi connectivity index (χ2v) is 9.56. The van der Waals surface area contributed by atoms with E-state index >= 15 is 0 Å². The number of hydrogen-bond donors (Lipinski definition) is 1. The number of nitrogens with zero attached hydrogens (tertiary/aromatic N) is 1. The van der Waals surface area contributed by atoms with Crippen LogP contribution in [0.3, 0.4) is 0 Å². The van der Waals surface area contributed by atoms with E-state index in [0.29, 0.717) is 24.9 Å². The molecule has 158 valence electrons. The zero-order valence-corrected chi connectivity index (χ0v) is 18.0. The molecular formula is C23H32N2O4. The lowest BCUT2D eigenvalue weighted by Gasteiger charge is -2.28. The molecule has 0 spiro atoms. The molecule has 2 heterocycles. The molecule has 6 heteroatoms. The molecule has 0 saturated carbocycles. The largest absolute Gasteiger partial charge is 0.368 e. The number of fused-ring (bicyclic) bond motifs is 1. The van der Waals surface area contributed by atoms with Crippen LogP contribution in [0.5, 0.6) is 0 Å². The van der Waals surface area contributed by atoms with Crippen molar-refractivity contribution in [2.75, 3.05) is 13.2 Å². The Kier molecular flexibility index (Phi) is 6.13. The fraction of sp³-hybridized carbons (Fsp3) is 0.609. The van der Waals surface area contributed by atoms with E-state index < -0.39 is 12.1 Å². The van der Waals surface area contributed by atoms with Gasteiger partial charge in [0.15, 0.2) is 5.78 Å². The number of rotatable bonds is 5. The van der Waals surface area contributed by atoms with Crippen LogP contribution in [0.1, 0.15) is 63.4 Å². The summed E-state index contributed by atoms with van der Waals surface area (Å²) in [5, 5.41) is 2.91. The van der Waals surface area contributed by atoms with Crippen LogP contribution in [-0.4, -0.2) is 53.8 Å². The Morgan fingerprint density at radius 3 is 2.45 bits per heavy atom. The van der Waals surface area contributed by atoms with Crippen molar-refractivity contribution in [2.24, 2.45) is 5.92 Å². The molecule has 6 nitrogen and oxygen atoms in total. The van der Waals surface area contributed by atoms with Gasteiger partial charge in [0.25, 0.3) is 5.91 Å². The fourth-order valence-corrected chi connectivity index (χ4v) is 4.10. The van der Waals surface area contributed by atoms with Crippen LogP contribution in [0.15, 0.2) is 24.3 Å². The molecule has 1 aromatic carbocycles. The molecule has 2 amide bonds. The van der Waals surface area contributed by atoms with Crippen LogP contribution in [-0.2, 0) is 19.7 Å². The lowest BCUT2D eigenvalue weighted by atomic mass is 9.86. The summed E-state index contributed by atoms with van der Waals surface area (Å²) in [5.74, 6) is -0.284. The number of ketones is 1. The molecule has 0 aliphatic carbocycles. The van der Waals surface area contributed by atoms with Gasteiger partial charge in [0.05, 0.1) is 6.10 Å². The number of carbonyl (C=O) groups excluding carboxylic acids is 3. The molecule has 1 aromatic rings. The van der Waals surface area contributed by atoms with E-state index in [1.165, 1.54) is 0 Å². The molecular weight excluding hydrogens is 368 g/mol. The lowest BCUT2D eigenvalue weighted by Crippen LogP contribution is -2.52. The normalized spacial score (nSPS) is 22.7. The van der Waals surface area contributed by atoms with E-state index in [1.54, 1.807) is 17.0 Å². The second-order valence-electron chi connectivity index (χ2n) is 9.56. The van der Waals surface area contributed by atoms with Crippen molar-refractivity contribution >= 4 is 17.6 Å². The number of likely N-dealkylation sites (tertiary alicyclic amines) is 1. The summed E-state index contributed by atoms with van der Waals surface area (Å²) in [7, 11) is 0. The Balaban J connectivity index is 1.74. The first kappa shape index (κ1) is 21.5. The predicted octanol–water partition coefficient (Wildman–Crippen LogP) is 2.70. The summed E-state index contributed by atoms with van der Waals surface area (Å²) in [6.45, 7) is 11.0. The highest BCUT2D eigenvalue weighted by atomic mass is 16.5. The minimum atomic E-state index is -0.656. The quantitative estimate of drug-likeness (QED) is 0.825. The number of amides is 2. The molecule has 3 atom stereocenters. The Bertz CT molecular complexity index is 779. The SMILES string of the molecule is CC(C)C[C@H](NC(=O)c1ccc(C(C)(C)C)cc1)C(=O)N1CC[C@H]2OCC(=O)[C@H]21. The van der Waals surface area contributed by atoms with Crippen molar-refractivity contribution < 1.29 is 19.1 Å². The first-order valence-corrected chi connectivity index (χ1v) is 10.4. The molecule has 0 unspecified atom stereocenters. The Hall–Kier alpha value is -2.21. The van der Waals surface area contributed by atoms with Gasteiger partial charge >= 0.3 is 0 Å². The molecule has 0 radical (unpaired) electrons. The van der Waals surface area contributed by atoms with Crippen molar-refractivity contribution in [3.05, 3.63) is 35.4 Å². The van der Waals surface area contributed by atoms with Gasteiger partial charge in [0.2, 0.25) is 5.91 Å². The average Bonchev–Trinajstić information content (AvgIpc) is 3.23. The van der Waals surface area contributed by atoms with Crippen molar-refractivity contribution in [1.29, 1.82) is 0 Å². The number of Topliss-reactive ketones (excluding diaryl/α,β-unsaturated/α-hetero) is 1.